The average Bonchev–Trinajstić information content (AvgIpc) is 2.76. The number of aliphatic hydroxyl groups is 1. The van der Waals surface area contributed by atoms with Gasteiger partial charge in [0.1, 0.15) is 6.10 Å². The summed E-state index contributed by atoms with van der Waals surface area (Å²) in [4.78, 5) is 1.01. The smallest absolute Gasteiger partial charge is 0.101 e. The summed E-state index contributed by atoms with van der Waals surface area (Å²) in [6.45, 7) is 5.55. The zero-order valence-corrected chi connectivity index (χ0v) is 11.0. The second-order valence-corrected chi connectivity index (χ2v) is 5.22. The molecule has 0 spiro atoms. The van der Waals surface area contributed by atoms with Gasteiger partial charge in [-0.1, -0.05) is 19.9 Å². The van der Waals surface area contributed by atoms with E-state index in [1.807, 2.05) is 17.5 Å². The predicted octanol–water partition coefficient (Wildman–Crippen LogP) is 2.04. The number of aliphatic hydroxyl groups excluding tert-OH is 1. The highest BCUT2D eigenvalue weighted by atomic mass is 32.1. The SMILES string of the molecule is COCC(NCC(O)c1cccs1)C(C)C. The van der Waals surface area contributed by atoms with Crippen LogP contribution < -0.4 is 5.32 Å². The van der Waals surface area contributed by atoms with E-state index in [-0.39, 0.29) is 0 Å². The molecule has 1 aromatic heterocycles. The van der Waals surface area contributed by atoms with Crippen LogP contribution in [0.2, 0.25) is 0 Å². The molecule has 0 radical (unpaired) electrons. The van der Waals surface area contributed by atoms with Crippen LogP contribution >= 0.6 is 11.3 Å². The van der Waals surface area contributed by atoms with E-state index < -0.39 is 6.10 Å². The Kier molecular flexibility index (Phi) is 5.98. The quantitative estimate of drug-likeness (QED) is 0.770. The largest absolute Gasteiger partial charge is 0.386 e. The molecule has 3 nitrogen and oxygen atoms in total. The monoisotopic (exact) mass is 243 g/mol. The molecule has 0 saturated carbocycles. The Morgan fingerprint density at radius 2 is 2.25 bits per heavy atom. The first-order valence-electron chi connectivity index (χ1n) is 5.59. The van der Waals surface area contributed by atoms with Gasteiger partial charge in [0.05, 0.1) is 6.61 Å². The third kappa shape index (κ3) is 4.22. The van der Waals surface area contributed by atoms with E-state index in [1.54, 1.807) is 18.4 Å². The summed E-state index contributed by atoms with van der Waals surface area (Å²) in [7, 11) is 1.70. The van der Waals surface area contributed by atoms with Gasteiger partial charge in [0.2, 0.25) is 0 Å². The van der Waals surface area contributed by atoms with Crippen molar-refractivity contribution in [1.82, 2.24) is 5.32 Å². The van der Waals surface area contributed by atoms with Crippen LogP contribution in [0.4, 0.5) is 0 Å². The van der Waals surface area contributed by atoms with Crippen LogP contribution in [-0.4, -0.2) is 31.4 Å². The van der Waals surface area contributed by atoms with Crippen molar-refractivity contribution in [3.05, 3.63) is 22.4 Å². The van der Waals surface area contributed by atoms with Crippen molar-refractivity contribution in [3.63, 3.8) is 0 Å². The highest BCUT2D eigenvalue weighted by Gasteiger charge is 2.15. The molecule has 0 aromatic carbocycles. The van der Waals surface area contributed by atoms with Crippen LogP contribution in [0.1, 0.15) is 24.8 Å². The van der Waals surface area contributed by atoms with Gasteiger partial charge in [0.15, 0.2) is 0 Å². The predicted molar refractivity (Wildman–Crippen MR) is 67.8 cm³/mol. The number of ether oxygens (including phenoxy) is 1. The first-order valence-corrected chi connectivity index (χ1v) is 6.47. The molecule has 1 aromatic rings. The molecule has 0 saturated heterocycles. The van der Waals surface area contributed by atoms with Gasteiger partial charge in [-0.3, -0.25) is 0 Å². The minimum atomic E-state index is -0.418. The molecule has 4 heteroatoms. The fourth-order valence-electron chi connectivity index (χ4n) is 1.51. The standard InChI is InChI=1S/C12H21NO2S/c1-9(2)10(8-15-3)13-7-11(14)12-5-4-6-16-12/h4-6,9-11,13-14H,7-8H2,1-3H3. The van der Waals surface area contributed by atoms with Gasteiger partial charge in [-0.15, -0.1) is 11.3 Å². The van der Waals surface area contributed by atoms with Crippen molar-refractivity contribution in [2.24, 2.45) is 5.92 Å². The maximum atomic E-state index is 9.92. The summed E-state index contributed by atoms with van der Waals surface area (Å²) >= 11 is 1.58. The molecule has 2 unspecified atom stereocenters. The molecular weight excluding hydrogens is 222 g/mol. The summed E-state index contributed by atoms with van der Waals surface area (Å²) in [5, 5.41) is 15.2. The molecule has 1 heterocycles. The van der Waals surface area contributed by atoms with Gasteiger partial charge < -0.3 is 15.2 Å². The van der Waals surface area contributed by atoms with Crippen molar-refractivity contribution >= 4 is 11.3 Å². The van der Waals surface area contributed by atoms with Crippen LogP contribution in [0, 0.1) is 5.92 Å². The number of hydrogen-bond donors (Lipinski definition) is 2. The molecule has 0 amide bonds. The fraction of sp³-hybridized carbons (Fsp3) is 0.667. The zero-order chi connectivity index (χ0) is 12.0. The molecule has 2 N–H and O–H groups in total. The maximum Gasteiger partial charge on any atom is 0.101 e. The van der Waals surface area contributed by atoms with Gasteiger partial charge in [-0.25, -0.2) is 0 Å². The highest BCUT2D eigenvalue weighted by molar-refractivity contribution is 7.10. The third-order valence-corrected chi connectivity index (χ3v) is 3.57. The number of rotatable bonds is 7. The van der Waals surface area contributed by atoms with Crippen molar-refractivity contribution in [2.45, 2.75) is 26.0 Å². The van der Waals surface area contributed by atoms with E-state index in [2.05, 4.69) is 19.2 Å². The van der Waals surface area contributed by atoms with Crippen molar-refractivity contribution < 1.29 is 9.84 Å². The lowest BCUT2D eigenvalue weighted by atomic mass is 10.1. The van der Waals surface area contributed by atoms with Gasteiger partial charge in [0, 0.05) is 24.6 Å². The minimum Gasteiger partial charge on any atom is -0.386 e. The minimum absolute atomic E-state index is 0.291. The van der Waals surface area contributed by atoms with E-state index >= 15 is 0 Å². The molecule has 92 valence electrons. The Morgan fingerprint density at radius 1 is 1.50 bits per heavy atom. The molecule has 0 bridgehead atoms. The maximum absolute atomic E-state index is 9.92. The Bertz CT molecular complexity index is 275. The van der Waals surface area contributed by atoms with E-state index in [9.17, 15) is 5.11 Å². The lowest BCUT2D eigenvalue weighted by Gasteiger charge is -2.23. The second-order valence-electron chi connectivity index (χ2n) is 4.25. The normalized spacial score (nSPS) is 15.3. The van der Waals surface area contributed by atoms with Crippen molar-refractivity contribution in [2.75, 3.05) is 20.3 Å². The molecule has 0 aliphatic heterocycles. The molecule has 0 fully saturated rings. The summed E-state index contributed by atoms with van der Waals surface area (Å²) < 4.78 is 5.15. The zero-order valence-electron chi connectivity index (χ0n) is 10.1. The lowest BCUT2D eigenvalue weighted by Crippen LogP contribution is -2.39. The van der Waals surface area contributed by atoms with Crippen molar-refractivity contribution in [1.29, 1.82) is 0 Å². The van der Waals surface area contributed by atoms with Gasteiger partial charge in [-0.05, 0) is 17.4 Å². The molecule has 1 rings (SSSR count). The van der Waals surface area contributed by atoms with E-state index in [0.29, 0.717) is 25.1 Å². The Hall–Kier alpha value is -0.420. The summed E-state index contributed by atoms with van der Waals surface area (Å²) in [5.41, 5.74) is 0. The summed E-state index contributed by atoms with van der Waals surface area (Å²) in [6.07, 6.45) is -0.418. The molecule has 0 aliphatic rings. The molecule has 2 atom stereocenters. The number of hydrogen-bond acceptors (Lipinski definition) is 4. The fourth-order valence-corrected chi connectivity index (χ4v) is 2.22. The van der Waals surface area contributed by atoms with Crippen LogP contribution in [-0.2, 0) is 4.74 Å². The average molecular weight is 243 g/mol. The molecular formula is C12H21NO2S. The van der Waals surface area contributed by atoms with E-state index in [0.717, 1.165) is 4.88 Å². The third-order valence-electron chi connectivity index (χ3n) is 2.60. The first kappa shape index (κ1) is 13.6. The Labute approximate surface area is 101 Å². The Balaban J connectivity index is 2.37. The number of methoxy groups -OCH3 is 1. The van der Waals surface area contributed by atoms with Crippen LogP contribution in [0.25, 0.3) is 0 Å². The lowest BCUT2D eigenvalue weighted by molar-refractivity contribution is 0.125. The van der Waals surface area contributed by atoms with Gasteiger partial charge in [-0.2, -0.15) is 0 Å². The Morgan fingerprint density at radius 3 is 2.75 bits per heavy atom. The molecule has 16 heavy (non-hydrogen) atoms. The number of nitrogens with one attached hydrogen (secondary N) is 1. The van der Waals surface area contributed by atoms with Gasteiger partial charge in [0.25, 0.3) is 0 Å². The first-order chi connectivity index (χ1) is 7.65. The van der Waals surface area contributed by atoms with Crippen LogP contribution in [0.3, 0.4) is 0 Å². The van der Waals surface area contributed by atoms with Crippen LogP contribution in [0.5, 0.6) is 0 Å². The van der Waals surface area contributed by atoms with Crippen LogP contribution in [0.15, 0.2) is 17.5 Å². The number of thiophene rings is 1. The molecule has 0 aliphatic carbocycles. The topological polar surface area (TPSA) is 41.5 Å². The summed E-state index contributed by atoms with van der Waals surface area (Å²) in [6, 6.07) is 4.20. The van der Waals surface area contributed by atoms with E-state index in [4.69, 9.17) is 4.74 Å². The van der Waals surface area contributed by atoms with Gasteiger partial charge >= 0.3 is 0 Å². The second kappa shape index (κ2) is 7.01. The van der Waals surface area contributed by atoms with Crippen molar-refractivity contribution in [3.8, 4) is 0 Å². The van der Waals surface area contributed by atoms with E-state index in [1.165, 1.54) is 0 Å². The summed E-state index contributed by atoms with van der Waals surface area (Å²) in [5.74, 6) is 0.496. The highest BCUT2D eigenvalue weighted by Crippen LogP contribution is 2.18.